The van der Waals surface area contributed by atoms with E-state index in [-0.39, 0.29) is 23.4 Å². The Balaban J connectivity index is 2.76. The Labute approximate surface area is 185 Å². The first-order valence-electron chi connectivity index (χ1n) is 9.86. The number of hydrogen-bond donors (Lipinski definition) is 1. The van der Waals surface area contributed by atoms with Crippen molar-refractivity contribution in [2.45, 2.75) is 51.5 Å². The smallest absolute Gasteiger partial charge is 0.461 e. The van der Waals surface area contributed by atoms with E-state index in [0.29, 0.717) is 18.2 Å². The lowest BCUT2D eigenvalue weighted by Gasteiger charge is -2.29. The highest BCUT2D eigenvalue weighted by Crippen LogP contribution is 2.43. The lowest BCUT2D eigenvalue weighted by atomic mass is 9.77. The number of alkyl halides is 3. The summed E-state index contributed by atoms with van der Waals surface area (Å²) in [7, 11) is -5.91. The number of esters is 1. The summed E-state index contributed by atoms with van der Waals surface area (Å²) in [6.07, 6.45) is 4.43. The molecule has 2 rings (SSSR count). The van der Waals surface area contributed by atoms with Crippen LogP contribution < -0.4 is 4.18 Å². The van der Waals surface area contributed by atoms with Crippen LogP contribution in [0.15, 0.2) is 42.5 Å². The van der Waals surface area contributed by atoms with Crippen LogP contribution in [0.4, 0.5) is 13.2 Å². The fraction of sp³-hybridized carbons (Fsp3) is 0.409. The van der Waals surface area contributed by atoms with E-state index < -0.39 is 32.8 Å². The summed E-state index contributed by atoms with van der Waals surface area (Å²) in [5.74, 6) is -1.14. The zero-order valence-electron chi connectivity index (χ0n) is 18.3. The Bertz CT molecular complexity index is 1140. The van der Waals surface area contributed by atoms with Gasteiger partial charge in [-0.25, -0.2) is 4.79 Å². The van der Waals surface area contributed by atoms with Crippen LogP contribution in [-0.4, -0.2) is 31.5 Å². The van der Waals surface area contributed by atoms with Gasteiger partial charge in [0.25, 0.3) is 0 Å². The van der Waals surface area contributed by atoms with E-state index in [0.717, 1.165) is 11.6 Å². The van der Waals surface area contributed by atoms with E-state index in [4.69, 9.17) is 4.74 Å². The number of aromatic nitrogens is 1. The number of benzene rings is 1. The molecule has 1 atom stereocenters. The molecule has 0 fully saturated rings. The van der Waals surface area contributed by atoms with Crippen molar-refractivity contribution >= 4 is 27.0 Å². The zero-order chi connectivity index (χ0) is 24.3. The number of ether oxygens (including phenoxy) is 1. The minimum Gasteiger partial charge on any atom is -0.461 e. The molecule has 32 heavy (non-hydrogen) atoms. The lowest BCUT2D eigenvalue weighted by Crippen LogP contribution is -2.29. The summed E-state index contributed by atoms with van der Waals surface area (Å²) < 4.78 is 72.1. The molecule has 0 aliphatic carbocycles. The number of fused-ring (bicyclic) bond motifs is 1. The number of carbonyl (C=O) groups is 1. The van der Waals surface area contributed by atoms with Crippen molar-refractivity contribution in [2.75, 3.05) is 6.61 Å². The van der Waals surface area contributed by atoms with Gasteiger partial charge in [0.2, 0.25) is 0 Å². The number of aromatic amines is 1. The topological polar surface area (TPSA) is 85.5 Å². The van der Waals surface area contributed by atoms with Gasteiger partial charge in [0.15, 0.2) is 0 Å². The molecule has 10 heteroatoms. The van der Waals surface area contributed by atoms with Crippen molar-refractivity contribution in [3.05, 3.63) is 53.8 Å². The normalized spacial score (nSPS) is 14.0. The fourth-order valence-electron chi connectivity index (χ4n) is 3.29. The van der Waals surface area contributed by atoms with Crippen LogP contribution in [0.1, 0.15) is 56.6 Å². The maximum absolute atomic E-state index is 13.0. The highest BCUT2D eigenvalue weighted by Gasteiger charge is 2.49. The first-order chi connectivity index (χ1) is 14.8. The molecule has 0 saturated heterocycles. The van der Waals surface area contributed by atoms with Gasteiger partial charge >= 0.3 is 21.6 Å². The summed E-state index contributed by atoms with van der Waals surface area (Å²) in [6.45, 7) is 11.1. The Kier molecular flexibility index (Phi) is 7.49. The van der Waals surface area contributed by atoms with Gasteiger partial charge in [0.1, 0.15) is 11.4 Å². The van der Waals surface area contributed by atoms with Gasteiger partial charge in [-0.05, 0) is 51.8 Å². The predicted molar refractivity (Wildman–Crippen MR) is 116 cm³/mol. The van der Waals surface area contributed by atoms with Gasteiger partial charge in [-0.15, -0.1) is 6.58 Å². The van der Waals surface area contributed by atoms with Crippen molar-refractivity contribution in [1.29, 1.82) is 0 Å². The molecule has 0 saturated carbocycles. The predicted octanol–water partition coefficient (Wildman–Crippen LogP) is 5.76. The van der Waals surface area contributed by atoms with Crippen molar-refractivity contribution in [1.82, 2.24) is 4.98 Å². The van der Waals surface area contributed by atoms with Crippen LogP contribution in [0.3, 0.4) is 0 Å². The van der Waals surface area contributed by atoms with Gasteiger partial charge in [-0.1, -0.05) is 24.6 Å². The number of carbonyl (C=O) groups excluding carboxylic acids is 1. The van der Waals surface area contributed by atoms with E-state index in [1.165, 1.54) is 18.2 Å². The molecule has 0 bridgehead atoms. The van der Waals surface area contributed by atoms with Crippen molar-refractivity contribution < 1.29 is 35.3 Å². The Morgan fingerprint density at radius 2 is 1.91 bits per heavy atom. The first kappa shape index (κ1) is 25.5. The van der Waals surface area contributed by atoms with E-state index in [1.807, 2.05) is 19.9 Å². The average Bonchev–Trinajstić information content (AvgIpc) is 3.10. The second-order valence-corrected chi connectivity index (χ2v) is 9.27. The number of allylic oxidation sites excluding steroid dienone is 3. The van der Waals surface area contributed by atoms with Crippen LogP contribution in [0.5, 0.6) is 5.75 Å². The standard InChI is InChI=1S/C22H26F3NO5S/c1-6-21(5,12-8-9-14(3)4)18-17(31-32(28,29)22(23,24)25)11-10-15-13-16(26-19(15)18)20(27)30-7-2/h6,9-11,13,26H,1,7-8,12H2,2-5H3. The molecule has 1 aromatic carbocycles. The largest absolute Gasteiger partial charge is 0.534 e. The van der Waals surface area contributed by atoms with Gasteiger partial charge in [0.05, 0.1) is 12.1 Å². The third kappa shape index (κ3) is 5.35. The van der Waals surface area contributed by atoms with Crippen LogP contribution in [0.2, 0.25) is 0 Å². The van der Waals surface area contributed by atoms with E-state index >= 15 is 0 Å². The molecule has 1 aromatic heterocycles. The van der Waals surface area contributed by atoms with E-state index in [1.54, 1.807) is 13.8 Å². The Hall–Kier alpha value is -2.75. The van der Waals surface area contributed by atoms with Crippen molar-refractivity contribution in [3.8, 4) is 5.75 Å². The minimum absolute atomic E-state index is 0.0784. The molecular formula is C22H26F3NO5S. The Morgan fingerprint density at radius 1 is 1.25 bits per heavy atom. The summed E-state index contributed by atoms with van der Waals surface area (Å²) in [5, 5.41) is 0.482. The SMILES string of the molecule is C=CC(C)(CCC=C(C)C)c1c(OS(=O)(=O)C(F)(F)F)ccc2cc(C(=O)OCC)[nH]c12. The number of H-pyrrole nitrogens is 1. The third-order valence-corrected chi connectivity index (χ3v) is 5.94. The molecule has 2 aromatic rings. The maximum atomic E-state index is 13.0. The number of nitrogens with one attached hydrogen (secondary N) is 1. The van der Waals surface area contributed by atoms with Crippen molar-refractivity contribution in [2.24, 2.45) is 0 Å². The van der Waals surface area contributed by atoms with Crippen LogP contribution in [0, 0.1) is 0 Å². The highest BCUT2D eigenvalue weighted by atomic mass is 32.2. The van der Waals surface area contributed by atoms with Crippen LogP contribution in [0.25, 0.3) is 10.9 Å². The molecule has 1 heterocycles. The van der Waals surface area contributed by atoms with E-state index in [2.05, 4.69) is 15.7 Å². The second-order valence-electron chi connectivity index (χ2n) is 7.73. The van der Waals surface area contributed by atoms with Crippen LogP contribution in [-0.2, 0) is 20.3 Å². The molecule has 0 radical (unpaired) electrons. The van der Waals surface area contributed by atoms with Gasteiger partial charge in [0, 0.05) is 16.4 Å². The summed E-state index contributed by atoms with van der Waals surface area (Å²) in [6, 6.07) is 4.00. The summed E-state index contributed by atoms with van der Waals surface area (Å²) >= 11 is 0. The highest BCUT2D eigenvalue weighted by molar-refractivity contribution is 7.88. The molecule has 6 nitrogen and oxygen atoms in total. The molecule has 1 N–H and O–H groups in total. The third-order valence-electron chi connectivity index (χ3n) is 4.98. The first-order valence-corrected chi connectivity index (χ1v) is 11.3. The van der Waals surface area contributed by atoms with Crippen LogP contribution >= 0.6 is 0 Å². The van der Waals surface area contributed by atoms with E-state index in [9.17, 15) is 26.4 Å². The number of hydrogen-bond acceptors (Lipinski definition) is 5. The molecule has 176 valence electrons. The molecular weight excluding hydrogens is 447 g/mol. The molecule has 0 spiro atoms. The van der Waals surface area contributed by atoms with Gasteiger partial charge < -0.3 is 13.9 Å². The summed E-state index contributed by atoms with van der Waals surface area (Å²) in [5.41, 5.74) is -5.04. The summed E-state index contributed by atoms with van der Waals surface area (Å²) in [4.78, 5) is 15.0. The molecule has 0 aliphatic heterocycles. The lowest BCUT2D eigenvalue weighted by molar-refractivity contribution is -0.0500. The van der Waals surface area contributed by atoms with Crippen molar-refractivity contribution in [3.63, 3.8) is 0 Å². The number of rotatable bonds is 9. The Morgan fingerprint density at radius 3 is 2.44 bits per heavy atom. The second kappa shape index (κ2) is 9.40. The molecule has 0 aliphatic rings. The van der Waals surface area contributed by atoms with Gasteiger partial charge in [-0.3, -0.25) is 0 Å². The number of halogens is 3. The molecule has 1 unspecified atom stereocenters. The van der Waals surface area contributed by atoms with Gasteiger partial charge in [-0.2, -0.15) is 21.6 Å². The zero-order valence-corrected chi connectivity index (χ0v) is 19.1. The quantitative estimate of drug-likeness (QED) is 0.217. The monoisotopic (exact) mass is 473 g/mol. The fourth-order valence-corrected chi connectivity index (χ4v) is 3.76. The minimum atomic E-state index is -5.91. The average molecular weight is 474 g/mol. The molecule has 0 amide bonds. The maximum Gasteiger partial charge on any atom is 0.534 e.